The first kappa shape index (κ1) is 18.5. The Hall–Kier alpha value is -3.26. The summed E-state index contributed by atoms with van der Waals surface area (Å²) in [4.78, 5) is 16.5. The van der Waals surface area contributed by atoms with Gasteiger partial charge in [0.15, 0.2) is 5.82 Å². The summed E-state index contributed by atoms with van der Waals surface area (Å²) in [6.45, 7) is 1.57. The fraction of sp³-hybridized carbons (Fsp3) is 0.211. The van der Waals surface area contributed by atoms with Crippen LogP contribution in [0.4, 0.5) is 14.9 Å². The summed E-state index contributed by atoms with van der Waals surface area (Å²) in [6, 6.07) is 12.1. The van der Waals surface area contributed by atoms with Crippen molar-refractivity contribution in [3.63, 3.8) is 0 Å². The molecule has 0 aliphatic carbocycles. The lowest BCUT2D eigenvalue weighted by atomic mass is 10.1. The van der Waals surface area contributed by atoms with Gasteiger partial charge in [-0.25, -0.2) is 14.2 Å². The van der Waals surface area contributed by atoms with Crippen LogP contribution in [0.3, 0.4) is 0 Å². The maximum absolute atomic E-state index is 13.0. The van der Waals surface area contributed by atoms with E-state index in [0.717, 1.165) is 11.1 Å². The predicted octanol–water partition coefficient (Wildman–Crippen LogP) is 2.64. The van der Waals surface area contributed by atoms with Crippen molar-refractivity contribution in [3.05, 3.63) is 65.7 Å². The normalized spacial score (nSPS) is 11.8. The Balaban J connectivity index is 1.61. The molecule has 27 heavy (non-hydrogen) atoms. The molecule has 0 aliphatic rings. The van der Waals surface area contributed by atoms with E-state index in [1.165, 1.54) is 12.1 Å². The second kappa shape index (κ2) is 8.41. The van der Waals surface area contributed by atoms with Gasteiger partial charge in [-0.1, -0.05) is 24.3 Å². The van der Waals surface area contributed by atoms with Crippen LogP contribution in [0.1, 0.15) is 11.4 Å². The molecule has 1 atom stereocenters. The predicted molar refractivity (Wildman–Crippen MR) is 99.7 cm³/mol. The van der Waals surface area contributed by atoms with Crippen molar-refractivity contribution in [2.24, 2.45) is 0 Å². The summed E-state index contributed by atoms with van der Waals surface area (Å²) >= 11 is 0. The van der Waals surface area contributed by atoms with Crippen molar-refractivity contribution in [2.75, 3.05) is 11.9 Å². The second-order valence-electron chi connectivity index (χ2n) is 6.13. The van der Waals surface area contributed by atoms with Crippen molar-refractivity contribution in [1.29, 1.82) is 0 Å². The number of nitrogens with zero attached hydrogens (tertiary/aromatic N) is 2. The van der Waals surface area contributed by atoms with E-state index >= 15 is 0 Å². The highest BCUT2D eigenvalue weighted by atomic mass is 19.1. The number of carbonyl (C=O) groups excluding carboxylic acids is 1. The molecule has 1 unspecified atom stereocenters. The zero-order valence-corrected chi connectivity index (χ0v) is 14.7. The van der Waals surface area contributed by atoms with Gasteiger partial charge in [-0.3, -0.25) is 5.10 Å². The van der Waals surface area contributed by atoms with Crippen molar-refractivity contribution >= 4 is 11.7 Å². The molecule has 4 N–H and O–H groups in total. The van der Waals surface area contributed by atoms with E-state index in [0.29, 0.717) is 23.8 Å². The fourth-order valence-electron chi connectivity index (χ4n) is 2.63. The van der Waals surface area contributed by atoms with Crippen LogP contribution in [0, 0.1) is 12.7 Å². The van der Waals surface area contributed by atoms with Gasteiger partial charge in [0, 0.05) is 11.3 Å². The largest absolute Gasteiger partial charge is 0.394 e. The summed E-state index contributed by atoms with van der Waals surface area (Å²) < 4.78 is 13.0. The molecule has 140 valence electrons. The van der Waals surface area contributed by atoms with Gasteiger partial charge < -0.3 is 15.7 Å². The first-order valence-electron chi connectivity index (χ1n) is 8.46. The standard InChI is InChI=1S/C19H20FN5O2/c1-12-21-18(25-24-12)14-3-2-4-16(10-14)22-19(27)23-17(11-26)9-13-5-7-15(20)8-6-13/h2-8,10,17,26H,9,11H2,1H3,(H,21,24,25)(H2,22,23,27). The Morgan fingerprint density at radius 3 is 2.70 bits per heavy atom. The highest BCUT2D eigenvalue weighted by Gasteiger charge is 2.13. The zero-order valence-electron chi connectivity index (χ0n) is 14.7. The summed E-state index contributed by atoms with van der Waals surface area (Å²) in [6.07, 6.45) is 0.390. The van der Waals surface area contributed by atoms with Gasteiger partial charge in [0.05, 0.1) is 12.6 Å². The van der Waals surface area contributed by atoms with Gasteiger partial charge in [-0.2, -0.15) is 5.10 Å². The molecular weight excluding hydrogens is 349 g/mol. The van der Waals surface area contributed by atoms with E-state index in [4.69, 9.17) is 0 Å². The smallest absolute Gasteiger partial charge is 0.319 e. The maximum Gasteiger partial charge on any atom is 0.319 e. The lowest BCUT2D eigenvalue weighted by molar-refractivity contribution is 0.224. The third kappa shape index (κ3) is 5.11. The molecule has 0 saturated carbocycles. The number of halogens is 1. The van der Waals surface area contributed by atoms with Crippen molar-refractivity contribution in [2.45, 2.75) is 19.4 Å². The van der Waals surface area contributed by atoms with E-state index in [1.54, 1.807) is 30.3 Å². The molecule has 3 aromatic rings. The molecule has 8 heteroatoms. The lowest BCUT2D eigenvalue weighted by Gasteiger charge is -2.17. The number of amides is 2. The van der Waals surface area contributed by atoms with Crippen molar-refractivity contribution in [1.82, 2.24) is 20.5 Å². The minimum Gasteiger partial charge on any atom is -0.394 e. The van der Waals surface area contributed by atoms with Crippen LogP contribution < -0.4 is 10.6 Å². The van der Waals surface area contributed by atoms with Gasteiger partial charge in [0.1, 0.15) is 11.6 Å². The SMILES string of the molecule is Cc1nc(-c2cccc(NC(=O)NC(CO)Cc3ccc(F)cc3)c2)n[nH]1. The number of benzene rings is 2. The number of hydrogen-bond donors (Lipinski definition) is 4. The van der Waals surface area contributed by atoms with Crippen LogP contribution in [-0.4, -0.2) is 39.0 Å². The molecular formula is C19H20FN5O2. The number of aryl methyl sites for hydroxylation is 1. The van der Waals surface area contributed by atoms with Gasteiger partial charge >= 0.3 is 6.03 Å². The van der Waals surface area contributed by atoms with Crippen molar-refractivity contribution in [3.8, 4) is 11.4 Å². The molecule has 0 radical (unpaired) electrons. The van der Waals surface area contributed by atoms with Crippen LogP contribution >= 0.6 is 0 Å². The van der Waals surface area contributed by atoms with Gasteiger partial charge in [0.25, 0.3) is 0 Å². The maximum atomic E-state index is 13.0. The number of aliphatic hydroxyl groups excluding tert-OH is 1. The number of aromatic amines is 1. The van der Waals surface area contributed by atoms with Crippen LogP contribution in [0.15, 0.2) is 48.5 Å². The topological polar surface area (TPSA) is 103 Å². The summed E-state index contributed by atoms with van der Waals surface area (Å²) in [7, 11) is 0. The molecule has 1 heterocycles. The summed E-state index contributed by atoms with van der Waals surface area (Å²) in [5.74, 6) is 0.917. The molecule has 2 amide bonds. The Labute approximate surface area is 155 Å². The minimum atomic E-state index is -0.491. The average molecular weight is 369 g/mol. The summed E-state index contributed by atoms with van der Waals surface area (Å²) in [5.41, 5.74) is 2.16. The molecule has 0 aliphatic heterocycles. The third-order valence-corrected chi connectivity index (χ3v) is 3.93. The number of carbonyl (C=O) groups is 1. The molecule has 1 aromatic heterocycles. The minimum absolute atomic E-state index is 0.235. The average Bonchev–Trinajstić information content (AvgIpc) is 3.09. The van der Waals surface area contributed by atoms with Crippen LogP contribution in [0.5, 0.6) is 0 Å². The zero-order chi connectivity index (χ0) is 19.2. The van der Waals surface area contributed by atoms with E-state index < -0.39 is 12.1 Å². The number of urea groups is 1. The van der Waals surface area contributed by atoms with E-state index in [1.807, 2.05) is 13.0 Å². The molecule has 0 saturated heterocycles. The van der Waals surface area contributed by atoms with Crippen molar-refractivity contribution < 1.29 is 14.3 Å². The van der Waals surface area contributed by atoms with Crippen LogP contribution in [0.2, 0.25) is 0 Å². The third-order valence-electron chi connectivity index (χ3n) is 3.93. The Bertz CT molecular complexity index is 910. The highest BCUT2D eigenvalue weighted by molar-refractivity contribution is 5.90. The quantitative estimate of drug-likeness (QED) is 0.536. The van der Waals surface area contributed by atoms with Gasteiger partial charge in [-0.05, 0) is 43.2 Å². The Kier molecular flexibility index (Phi) is 5.77. The number of nitrogens with one attached hydrogen (secondary N) is 3. The Morgan fingerprint density at radius 1 is 1.26 bits per heavy atom. The molecule has 0 spiro atoms. The first-order chi connectivity index (χ1) is 13.0. The molecule has 7 nitrogen and oxygen atoms in total. The van der Waals surface area contributed by atoms with E-state index in [-0.39, 0.29) is 12.4 Å². The number of anilines is 1. The number of H-pyrrole nitrogens is 1. The monoisotopic (exact) mass is 369 g/mol. The van der Waals surface area contributed by atoms with Gasteiger partial charge in [0.2, 0.25) is 0 Å². The lowest BCUT2D eigenvalue weighted by Crippen LogP contribution is -2.41. The first-order valence-corrected chi connectivity index (χ1v) is 8.46. The van der Waals surface area contributed by atoms with Crippen LogP contribution in [-0.2, 0) is 6.42 Å². The Morgan fingerprint density at radius 2 is 2.04 bits per heavy atom. The number of hydrogen-bond acceptors (Lipinski definition) is 4. The molecule has 0 fully saturated rings. The molecule has 0 bridgehead atoms. The number of aliphatic hydroxyl groups is 1. The van der Waals surface area contributed by atoms with E-state index in [9.17, 15) is 14.3 Å². The van der Waals surface area contributed by atoms with E-state index in [2.05, 4.69) is 25.8 Å². The second-order valence-corrected chi connectivity index (χ2v) is 6.13. The summed E-state index contributed by atoms with van der Waals surface area (Å²) in [5, 5.41) is 21.8. The fourth-order valence-corrected chi connectivity index (χ4v) is 2.63. The number of aromatic nitrogens is 3. The van der Waals surface area contributed by atoms with Gasteiger partial charge in [-0.15, -0.1) is 0 Å². The molecule has 2 aromatic carbocycles. The van der Waals surface area contributed by atoms with Crippen LogP contribution in [0.25, 0.3) is 11.4 Å². The molecule has 3 rings (SSSR count). The highest BCUT2D eigenvalue weighted by Crippen LogP contribution is 2.19. The number of rotatable bonds is 6.